The Morgan fingerprint density at radius 1 is 1.00 bits per heavy atom. The molecule has 1 aliphatic carbocycles. The number of ketones is 1. The van der Waals surface area contributed by atoms with Crippen LogP contribution in [0.4, 0.5) is 0 Å². The van der Waals surface area contributed by atoms with Crippen molar-refractivity contribution in [3.05, 3.63) is 35.4 Å². The molecule has 124 valence electrons. The average Bonchev–Trinajstić information content (AvgIpc) is 2.57. The maximum atomic E-state index is 12.3. The fraction of sp³-hybridized carbons (Fsp3) is 0.667. The number of carbonyl (C=O) groups excluding carboxylic acids is 1. The highest BCUT2D eigenvalue weighted by atomic mass is 16.1. The van der Waals surface area contributed by atoms with Crippen LogP contribution in [0.2, 0.25) is 0 Å². The van der Waals surface area contributed by atoms with Crippen LogP contribution >= 0.6 is 0 Å². The van der Waals surface area contributed by atoms with Crippen LogP contribution in [0.5, 0.6) is 0 Å². The number of Topliss-reactive ketones (excluding diaryl/α,β-unsaturated/α-hetero) is 1. The molecule has 0 radical (unpaired) electrons. The van der Waals surface area contributed by atoms with Gasteiger partial charge in [-0.1, -0.05) is 78.1 Å². The normalized spacial score (nSPS) is 16.8. The van der Waals surface area contributed by atoms with Gasteiger partial charge in [-0.05, 0) is 35.8 Å². The van der Waals surface area contributed by atoms with Gasteiger partial charge < -0.3 is 0 Å². The molecule has 1 saturated carbocycles. The van der Waals surface area contributed by atoms with Crippen molar-refractivity contribution in [2.45, 2.75) is 79.1 Å². The Bertz CT molecular complexity index is 424. The van der Waals surface area contributed by atoms with Crippen LogP contribution in [-0.4, -0.2) is 5.78 Å². The molecule has 0 bridgehead atoms. The van der Waals surface area contributed by atoms with Crippen molar-refractivity contribution in [3.63, 3.8) is 0 Å². The van der Waals surface area contributed by atoms with Crippen molar-refractivity contribution in [2.24, 2.45) is 11.8 Å². The molecular weight excluding hydrogens is 268 g/mol. The summed E-state index contributed by atoms with van der Waals surface area (Å²) in [6, 6.07) is 8.70. The molecule has 2 rings (SSSR count). The first-order chi connectivity index (χ1) is 10.6. The van der Waals surface area contributed by atoms with Gasteiger partial charge in [-0.3, -0.25) is 4.79 Å². The standard InChI is InChI=1S/C19H28O.C2H6/c1-14(2)15(3)17-11-9-16(10-12-17)13-19(20)18-7-5-4-6-8-18;1-2/h9-12,14-15,18H,4-8,13H2,1-3H3;1-2H3. The van der Waals surface area contributed by atoms with E-state index in [4.69, 9.17) is 0 Å². The molecule has 1 heteroatoms. The quantitative estimate of drug-likeness (QED) is 0.636. The number of benzene rings is 1. The smallest absolute Gasteiger partial charge is 0.140 e. The average molecular weight is 303 g/mol. The van der Waals surface area contributed by atoms with Gasteiger partial charge in [0.2, 0.25) is 0 Å². The molecule has 0 amide bonds. The molecular formula is C21H34O. The highest BCUT2D eigenvalue weighted by molar-refractivity contribution is 5.83. The lowest BCUT2D eigenvalue weighted by molar-refractivity contribution is -0.123. The van der Waals surface area contributed by atoms with Crippen LogP contribution in [0.25, 0.3) is 0 Å². The van der Waals surface area contributed by atoms with Gasteiger partial charge in [-0.25, -0.2) is 0 Å². The zero-order chi connectivity index (χ0) is 16.5. The molecule has 1 unspecified atom stereocenters. The number of hydrogen-bond acceptors (Lipinski definition) is 1. The molecule has 1 atom stereocenters. The molecule has 1 aromatic carbocycles. The van der Waals surface area contributed by atoms with E-state index in [9.17, 15) is 4.79 Å². The zero-order valence-corrected chi connectivity index (χ0v) is 15.2. The minimum atomic E-state index is 0.331. The summed E-state index contributed by atoms with van der Waals surface area (Å²) in [5.74, 6) is 2.02. The lowest BCUT2D eigenvalue weighted by atomic mass is 9.84. The summed E-state index contributed by atoms with van der Waals surface area (Å²) in [5.41, 5.74) is 2.56. The minimum absolute atomic E-state index is 0.331. The molecule has 0 saturated heterocycles. The number of carbonyl (C=O) groups is 1. The summed E-state index contributed by atoms with van der Waals surface area (Å²) in [6.45, 7) is 10.8. The molecule has 1 nitrogen and oxygen atoms in total. The molecule has 1 aliphatic rings. The second-order valence-electron chi connectivity index (χ2n) is 6.75. The van der Waals surface area contributed by atoms with Gasteiger partial charge in [0.25, 0.3) is 0 Å². The summed E-state index contributed by atoms with van der Waals surface area (Å²) in [7, 11) is 0. The van der Waals surface area contributed by atoms with Gasteiger partial charge in [-0.2, -0.15) is 0 Å². The van der Waals surface area contributed by atoms with Gasteiger partial charge in [0.1, 0.15) is 5.78 Å². The van der Waals surface area contributed by atoms with Crippen LogP contribution in [-0.2, 0) is 11.2 Å². The summed E-state index contributed by atoms with van der Waals surface area (Å²) in [6.07, 6.45) is 6.64. The molecule has 22 heavy (non-hydrogen) atoms. The van der Waals surface area contributed by atoms with Crippen LogP contribution in [0.15, 0.2) is 24.3 Å². The fourth-order valence-electron chi connectivity index (χ4n) is 3.09. The van der Waals surface area contributed by atoms with E-state index in [0.717, 1.165) is 12.8 Å². The van der Waals surface area contributed by atoms with Crippen LogP contribution < -0.4 is 0 Å². The summed E-state index contributed by atoms with van der Waals surface area (Å²) >= 11 is 0. The largest absolute Gasteiger partial charge is 0.299 e. The third kappa shape index (κ3) is 5.59. The van der Waals surface area contributed by atoms with E-state index in [1.807, 2.05) is 13.8 Å². The molecule has 0 spiro atoms. The molecule has 0 aliphatic heterocycles. The van der Waals surface area contributed by atoms with Gasteiger partial charge in [-0.15, -0.1) is 0 Å². The highest BCUT2D eigenvalue weighted by Crippen LogP contribution is 2.27. The van der Waals surface area contributed by atoms with E-state index < -0.39 is 0 Å². The van der Waals surface area contributed by atoms with Gasteiger partial charge >= 0.3 is 0 Å². The monoisotopic (exact) mass is 302 g/mol. The van der Waals surface area contributed by atoms with E-state index in [1.54, 1.807) is 0 Å². The van der Waals surface area contributed by atoms with E-state index in [0.29, 0.717) is 30.0 Å². The van der Waals surface area contributed by atoms with Crippen molar-refractivity contribution in [1.29, 1.82) is 0 Å². The maximum Gasteiger partial charge on any atom is 0.140 e. The van der Waals surface area contributed by atoms with Crippen LogP contribution in [0.1, 0.15) is 83.8 Å². The first-order valence-electron chi connectivity index (χ1n) is 9.19. The minimum Gasteiger partial charge on any atom is -0.299 e. The maximum absolute atomic E-state index is 12.3. The van der Waals surface area contributed by atoms with E-state index in [2.05, 4.69) is 45.0 Å². The summed E-state index contributed by atoms with van der Waals surface area (Å²) < 4.78 is 0. The van der Waals surface area contributed by atoms with Gasteiger partial charge in [0.15, 0.2) is 0 Å². The van der Waals surface area contributed by atoms with Crippen molar-refractivity contribution in [3.8, 4) is 0 Å². The molecule has 0 heterocycles. The first kappa shape index (κ1) is 18.9. The molecule has 0 N–H and O–H groups in total. The van der Waals surface area contributed by atoms with Crippen LogP contribution in [0, 0.1) is 11.8 Å². The SMILES string of the molecule is CC.CC(C)C(C)c1ccc(CC(=O)C2CCCCC2)cc1. The predicted molar refractivity (Wildman–Crippen MR) is 96.3 cm³/mol. The van der Waals surface area contributed by atoms with E-state index in [1.165, 1.54) is 30.4 Å². The Kier molecular flexibility index (Phi) is 8.45. The molecule has 1 aromatic rings. The lowest BCUT2D eigenvalue weighted by Gasteiger charge is -2.20. The lowest BCUT2D eigenvalue weighted by Crippen LogP contribution is -2.19. The summed E-state index contributed by atoms with van der Waals surface area (Å²) in [5, 5.41) is 0. The Morgan fingerprint density at radius 3 is 2.05 bits per heavy atom. The topological polar surface area (TPSA) is 17.1 Å². The van der Waals surface area contributed by atoms with Crippen molar-refractivity contribution in [2.75, 3.05) is 0 Å². The second kappa shape index (κ2) is 9.82. The molecule has 1 fully saturated rings. The van der Waals surface area contributed by atoms with Crippen molar-refractivity contribution < 1.29 is 4.79 Å². The predicted octanol–water partition coefficient (Wildman–Crippen LogP) is 6.16. The van der Waals surface area contributed by atoms with Crippen LogP contribution in [0.3, 0.4) is 0 Å². The Hall–Kier alpha value is -1.11. The second-order valence-corrected chi connectivity index (χ2v) is 6.75. The molecule has 0 aromatic heterocycles. The third-order valence-electron chi connectivity index (χ3n) is 4.94. The summed E-state index contributed by atoms with van der Waals surface area (Å²) in [4.78, 5) is 12.3. The Labute approximate surface area is 137 Å². The third-order valence-corrected chi connectivity index (χ3v) is 4.94. The number of rotatable bonds is 5. The fourth-order valence-corrected chi connectivity index (χ4v) is 3.09. The Morgan fingerprint density at radius 2 is 1.55 bits per heavy atom. The Balaban J connectivity index is 0.00000116. The van der Waals surface area contributed by atoms with E-state index >= 15 is 0 Å². The van der Waals surface area contributed by atoms with Gasteiger partial charge in [0.05, 0.1) is 0 Å². The van der Waals surface area contributed by atoms with Crippen molar-refractivity contribution >= 4 is 5.78 Å². The highest BCUT2D eigenvalue weighted by Gasteiger charge is 2.21. The number of hydrogen-bond donors (Lipinski definition) is 0. The first-order valence-corrected chi connectivity index (χ1v) is 9.19. The van der Waals surface area contributed by atoms with E-state index in [-0.39, 0.29) is 0 Å². The van der Waals surface area contributed by atoms with Crippen molar-refractivity contribution in [1.82, 2.24) is 0 Å². The zero-order valence-electron chi connectivity index (χ0n) is 15.2. The van der Waals surface area contributed by atoms with Gasteiger partial charge in [0, 0.05) is 12.3 Å².